The number of rotatable bonds is 3. The highest BCUT2D eigenvalue weighted by molar-refractivity contribution is 7.99. The fraction of sp³-hybridized carbons (Fsp3) is 0.500. The molecule has 3 nitrogen and oxygen atoms in total. The lowest BCUT2D eigenvalue weighted by molar-refractivity contribution is 0.0928. The minimum atomic E-state index is -0.0393. The molecule has 0 spiro atoms. The quantitative estimate of drug-likeness (QED) is 0.883. The van der Waals surface area contributed by atoms with E-state index in [0.29, 0.717) is 11.6 Å². The first-order chi connectivity index (χ1) is 8.69. The zero-order valence-corrected chi connectivity index (χ0v) is 11.4. The van der Waals surface area contributed by atoms with Gasteiger partial charge in [-0.15, -0.1) is 0 Å². The molecule has 0 unspecified atom stereocenters. The van der Waals surface area contributed by atoms with E-state index in [4.69, 9.17) is 0 Å². The van der Waals surface area contributed by atoms with Crippen molar-refractivity contribution in [2.75, 3.05) is 6.26 Å². The van der Waals surface area contributed by atoms with Crippen molar-refractivity contribution < 1.29 is 9.90 Å². The standard InChI is InChI=1S/C14H19NO2S/c1-18-13-8-4-11(5-9-13)15-14(17)10-2-6-12(16)7-3-10/h2-3,6-7,11,13,16H,4-5,8-9H2,1H3,(H,15,17). The van der Waals surface area contributed by atoms with Crippen LogP contribution >= 0.6 is 11.8 Å². The van der Waals surface area contributed by atoms with E-state index < -0.39 is 0 Å². The Balaban J connectivity index is 1.86. The number of phenols is 1. The highest BCUT2D eigenvalue weighted by Crippen LogP contribution is 2.27. The van der Waals surface area contributed by atoms with Gasteiger partial charge in [0.15, 0.2) is 0 Å². The molecule has 18 heavy (non-hydrogen) atoms. The molecule has 0 radical (unpaired) electrons. The van der Waals surface area contributed by atoms with E-state index in [0.717, 1.165) is 18.1 Å². The third-order valence-corrected chi connectivity index (χ3v) is 4.61. The van der Waals surface area contributed by atoms with E-state index in [1.165, 1.54) is 12.8 Å². The number of aromatic hydroxyl groups is 1. The van der Waals surface area contributed by atoms with Crippen LogP contribution in [-0.2, 0) is 0 Å². The smallest absolute Gasteiger partial charge is 0.251 e. The van der Waals surface area contributed by atoms with Crippen molar-refractivity contribution in [1.29, 1.82) is 0 Å². The van der Waals surface area contributed by atoms with E-state index in [9.17, 15) is 9.90 Å². The summed E-state index contributed by atoms with van der Waals surface area (Å²) in [5, 5.41) is 13.0. The molecule has 1 aromatic carbocycles. The zero-order chi connectivity index (χ0) is 13.0. The van der Waals surface area contributed by atoms with Crippen molar-refractivity contribution in [2.24, 2.45) is 0 Å². The molecule has 2 rings (SSSR count). The van der Waals surface area contributed by atoms with Gasteiger partial charge in [0.1, 0.15) is 5.75 Å². The second-order valence-electron chi connectivity index (χ2n) is 4.73. The van der Waals surface area contributed by atoms with Gasteiger partial charge in [-0.2, -0.15) is 11.8 Å². The van der Waals surface area contributed by atoms with Crippen LogP contribution in [0.1, 0.15) is 36.0 Å². The third-order valence-electron chi connectivity index (χ3n) is 3.47. The molecule has 0 bridgehead atoms. The number of thioether (sulfide) groups is 1. The topological polar surface area (TPSA) is 49.3 Å². The molecule has 2 N–H and O–H groups in total. The predicted molar refractivity (Wildman–Crippen MR) is 75.1 cm³/mol. The molecule has 1 aromatic rings. The van der Waals surface area contributed by atoms with Crippen molar-refractivity contribution in [2.45, 2.75) is 37.0 Å². The molecule has 1 saturated carbocycles. The number of hydrogen-bond acceptors (Lipinski definition) is 3. The molecule has 1 amide bonds. The van der Waals surface area contributed by atoms with Crippen molar-refractivity contribution in [3.8, 4) is 5.75 Å². The molecule has 1 aliphatic rings. The summed E-state index contributed by atoms with van der Waals surface area (Å²) in [7, 11) is 0. The van der Waals surface area contributed by atoms with E-state index >= 15 is 0 Å². The Morgan fingerprint density at radius 1 is 1.22 bits per heavy atom. The van der Waals surface area contributed by atoms with E-state index in [1.54, 1.807) is 24.3 Å². The lowest BCUT2D eigenvalue weighted by Crippen LogP contribution is -2.38. The number of carbonyl (C=O) groups excluding carboxylic acids is 1. The van der Waals surface area contributed by atoms with Crippen LogP contribution in [0.2, 0.25) is 0 Å². The minimum absolute atomic E-state index is 0.0393. The molecule has 0 aromatic heterocycles. The first-order valence-corrected chi connectivity index (χ1v) is 7.60. The number of phenolic OH excluding ortho intramolecular Hbond substituents is 1. The van der Waals surface area contributed by atoms with Crippen LogP contribution in [0.25, 0.3) is 0 Å². The summed E-state index contributed by atoms with van der Waals surface area (Å²) in [5.41, 5.74) is 0.611. The molecule has 4 heteroatoms. The van der Waals surface area contributed by atoms with Crippen LogP contribution < -0.4 is 5.32 Å². The Morgan fingerprint density at radius 3 is 2.39 bits per heavy atom. The van der Waals surface area contributed by atoms with Crippen LogP contribution in [0.3, 0.4) is 0 Å². The summed E-state index contributed by atoms with van der Waals surface area (Å²) in [6.07, 6.45) is 6.65. The van der Waals surface area contributed by atoms with Crippen molar-refractivity contribution in [3.05, 3.63) is 29.8 Å². The van der Waals surface area contributed by atoms with Crippen LogP contribution in [0, 0.1) is 0 Å². The van der Waals surface area contributed by atoms with Gasteiger partial charge in [-0.25, -0.2) is 0 Å². The third kappa shape index (κ3) is 3.42. The highest BCUT2D eigenvalue weighted by Gasteiger charge is 2.21. The maximum Gasteiger partial charge on any atom is 0.251 e. The maximum absolute atomic E-state index is 12.0. The second-order valence-corrected chi connectivity index (χ2v) is 5.87. The summed E-state index contributed by atoms with van der Waals surface area (Å²) in [5.74, 6) is 0.148. The summed E-state index contributed by atoms with van der Waals surface area (Å²) in [6.45, 7) is 0. The predicted octanol–water partition coefficient (Wildman–Crippen LogP) is 2.80. The average molecular weight is 265 g/mol. The Kier molecular flexibility index (Phi) is 4.53. The van der Waals surface area contributed by atoms with Crippen molar-refractivity contribution in [1.82, 2.24) is 5.32 Å². The van der Waals surface area contributed by atoms with Crippen LogP contribution in [-0.4, -0.2) is 28.6 Å². The summed E-state index contributed by atoms with van der Waals surface area (Å²) >= 11 is 1.92. The van der Waals surface area contributed by atoms with Gasteiger partial charge >= 0.3 is 0 Å². The summed E-state index contributed by atoms with van der Waals surface area (Å²) < 4.78 is 0. The zero-order valence-electron chi connectivity index (χ0n) is 10.6. The van der Waals surface area contributed by atoms with Gasteiger partial charge in [0.25, 0.3) is 5.91 Å². The van der Waals surface area contributed by atoms with E-state index in [2.05, 4.69) is 11.6 Å². The maximum atomic E-state index is 12.0. The molecule has 1 aliphatic carbocycles. The van der Waals surface area contributed by atoms with Crippen LogP contribution in [0.5, 0.6) is 5.75 Å². The largest absolute Gasteiger partial charge is 0.508 e. The molecule has 98 valence electrons. The first-order valence-electron chi connectivity index (χ1n) is 6.31. The average Bonchev–Trinajstić information content (AvgIpc) is 2.40. The Morgan fingerprint density at radius 2 is 1.83 bits per heavy atom. The second kappa shape index (κ2) is 6.14. The van der Waals surface area contributed by atoms with E-state index in [-0.39, 0.29) is 11.7 Å². The molecule has 0 aliphatic heterocycles. The van der Waals surface area contributed by atoms with Gasteiger partial charge in [0.05, 0.1) is 0 Å². The highest BCUT2D eigenvalue weighted by atomic mass is 32.2. The lowest BCUT2D eigenvalue weighted by Gasteiger charge is -2.28. The Hall–Kier alpha value is -1.16. The molecular weight excluding hydrogens is 246 g/mol. The van der Waals surface area contributed by atoms with Crippen LogP contribution in [0.4, 0.5) is 0 Å². The van der Waals surface area contributed by atoms with Crippen molar-refractivity contribution >= 4 is 17.7 Å². The number of benzene rings is 1. The van der Waals surface area contributed by atoms with Crippen LogP contribution in [0.15, 0.2) is 24.3 Å². The van der Waals surface area contributed by atoms with Gasteiger partial charge in [-0.1, -0.05) is 0 Å². The van der Waals surface area contributed by atoms with Gasteiger partial charge in [-0.05, 0) is 56.2 Å². The summed E-state index contributed by atoms with van der Waals surface area (Å²) in [4.78, 5) is 12.0. The van der Waals surface area contributed by atoms with Gasteiger partial charge in [-0.3, -0.25) is 4.79 Å². The molecule has 1 fully saturated rings. The number of carbonyl (C=O) groups is 1. The molecular formula is C14H19NO2S. The van der Waals surface area contributed by atoms with E-state index in [1.807, 2.05) is 11.8 Å². The summed E-state index contributed by atoms with van der Waals surface area (Å²) in [6, 6.07) is 6.69. The molecule has 0 atom stereocenters. The first kappa shape index (κ1) is 13.3. The van der Waals surface area contributed by atoms with Gasteiger partial charge in [0.2, 0.25) is 0 Å². The number of nitrogens with one attached hydrogen (secondary N) is 1. The fourth-order valence-corrected chi connectivity index (χ4v) is 3.07. The molecule has 0 saturated heterocycles. The monoisotopic (exact) mass is 265 g/mol. The fourth-order valence-electron chi connectivity index (χ4n) is 2.32. The Labute approximate surface area is 112 Å². The van der Waals surface area contributed by atoms with Gasteiger partial charge < -0.3 is 10.4 Å². The normalized spacial score (nSPS) is 23.6. The lowest BCUT2D eigenvalue weighted by atomic mass is 9.94. The number of hydrogen-bond donors (Lipinski definition) is 2. The van der Waals surface area contributed by atoms with Gasteiger partial charge in [0, 0.05) is 16.9 Å². The number of amides is 1. The SMILES string of the molecule is CSC1CCC(NC(=O)c2ccc(O)cc2)CC1. The minimum Gasteiger partial charge on any atom is -0.508 e. The van der Waals surface area contributed by atoms with Crippen molar-refractivity contribution in [3.63, 3.8) is 0 Å². The molecule has 0 heterocycles. The Bertz CT molecular complexity index is 397.